The molecule has 1 unspecified atom stereocenters. The van der Waals surface area contributed by atoms with Gasteiger partial charge < -0.3 is 11.1 Å². The predicted molar refractivity (Wildman–Crippen MR) is 69.8 cm³/mol. The van der Waals surface area contributed by atoms with Crippen LogP contribution in [0.25, 0.3) is 0 Å². The Kier molecular flexibility index (Phi) is 4.06. The third kappa shape index (κ3) is 3.12. The SMILES string of the molecule is Cc1ncc(CNCC(N)c2cccs2)s1. The number of nitrogens with two attached hydrogens (primary N) is 1. The van der Waals surface area contributed by atoms with E-state index < -0.39 is 0 Å². The highest BCUT2D eigenvalue weighted by Crippen LogP contribution is 2.16. The molecule has 1 atom stereocenters. The molecule has 16 heavy (non-hydrogen) atoms. The van der Waals surface area contributed by atoms with Gasteiger partial charge in [-0.15, -0.1) is 22.7 Å². The summed E-state index contributed by atoms with van der Waals surface area (Å²) < 4.78 is 0. The molecule has 0 saturated heterocycles. The van der Waals surface area contributed by atoms with Gasteiger partial charge in [-0.3, -0.25) is 0 Å². The number of nitrogens with zero attached hydrogens (tertiary/aromatic N) is 1. The second kappa shape index (κ2) is 5.54. The van der Waals surface area contributed by atoms with Crippen LogP contribution in [0.2, 0.25) is 0 Å². The third-order valence-electron chi connectivity index (χ3n) is 2.24. The second-order valence-electron chi connectivity index (χ2n) is 3.60. The van der Waals surface area contributed by atoms with E-state index in [1.54, 1.807) is 22.7 Å². The standard InChI is InChI=1S/C11H15N3S2/c1-8-14-6-9(16-8)5-13-7-10(12)11-3-2-4-15-11/h2-4,6,10,13H,5,7,12H2,1H3. The number of thiazole rings is 1. The number of nitrogens with one attached hydrogen (secondary N) is 1. The van der Waals surface area contributed by atoms with Gasteiger partial charge >= 0.3 is 0 Å². The minimum Gasteiger partial charge on any atom is -0.322 e. The Hall–Kier alpha value is -0.750. The Labute approximate surface area is 103 Å². The Morgan fingerprint density at radius 3 is 3.06 bits per heavy atom. The van der Waals surface area contributed by atoms with Crippen molar-refractivity contribution in [1.82, 2.24) is 10.3 Å². The van der Waals surface area contributed by atoms with E-state index in [2.05, 4.69) is 21.7 Å². The van der Waals surface area contributed by atoms with E-state index in [9.17, 15) is 0 Å². The topological polar surface area (TPSA) is 50.9 Å². The lowest BCUT2D eigenvalue weighted by Gasteiger charge is -2.09. The fourth-order valence-corrected chi connectivity index (χ4v) is 2.93. The average molecular weight is 253 g/mol. The molecule has 3 nitrogen and oxygen atoms in total. The molecule has 3 N–H and O–H groups in total. The van der Waals surface area contributed by atoms with Crippen molar-refractivity contribution in [3.63, 3.8) is 0 Å². The van der Waals surface area contributed by atoms with E-state index in [1.807, 2.05) is 19.2 Å². The van der Waals surface area contributed by atoms with E-state index in [0.717, 1.165) is 18.1 Å². The Morgan fingerprint density at radius 1 is 1.56 bits per heavy atom. The first kappa shape index (κ1) is 11.7. The van der Waals surface area contributed by atoms with Crippen molar-refractivity contribution in [3.8, 4) is 0 Å². The lowest BCUT2D eigenvalue weighted by atomic mass is 10.2. The first-order valence-corrected chi connectivity index (χ1v) is 6.86. The van der Waals surface area contributed by atoms with E-state index in [0.29, 0.717) is 0 Å². The molecule has 0 aliphatic carbocycles. The molecule has 0 aromatic carbocycles. The van der Waals surface area contributed by atoms with Crippen LogP contribution >= 0.6 is 22.7 Å². The van der Waals surface area contributed by atoms with Gasteiger partial charge in [0.15, 0.2) is 0 Å². The highest BCUT2D eigenvalue weighted by atomic mass is 32.1. The summed E-state index contributed by atoms with van der Waals surface area (Å²) in [6.45, 7) is 3.67. The Morgan fingerprint density at radius 2 is 2.44 bits per heavy atom. The fraction of sp³-hybridized carbons (Fsp3) is 0.364. The van der Waals surface area contributed by atoms with Crippen molar-refractivity contribution < 1.29 is 0 Å². The highest BCUT2D eigenvalue weighted by molar-refractivity contribution is 7.11. The molecule has 5 heteroatoms. The zero-order valence-electron chi connectivity index (χ0n) is 9.14. The molecule has 0 spiro atoms. The van der Waals surface area contributed by atoms with Gasteiger partial charge in [0.2, 0.25) is 0 Å². The number of hydrogen-bond acceptors (Lipinski definition) is 5. The third-order valence-corrected chi connectivity index (χ3v) is 4.16. The van der Waals surface area contributed by atoms with Crippen molar-refractivity contribution >= 4 is 22.7 Å². The maximum atomic E-state index is 6.04. The predicted octanol–water partition coefficient (Wildman–Crippen LogP) is 2.30. The maximum absolute atomic E-state index is 6.04. The summed E-state index contributed by atoms with van der Waals surface area (Å²) in [6, 6.07) is 4.20. The van der Waals surface area contributed by atoms with Crippen molar-refractivity contribution in [2.75, 3.05) is 6.54 Å². The van der Waals surface area contributed by atoms with E-state index in [1.165, 1.54) is 9.75 Å². The molecule has 0 aliphatic rings. The summed E-state index contributed by atoms with van der Waals surface area (Å²) >= 11 is 3.43. The highest BCUT2D eigenvalue weighted by Gasteiger charge is 2.06. The van der Waals surface area contributed by atoms with Crippen LogP contribution in [-0.2, 0) is 6.54 Å². The van der Waals surface area contributed by atoms with Crippen molar-refractivity contribution in [2.24, 2.45) is 5.73 Å². The number of aromatic nitrogens is 1. The van der Waals surface area contributed by atoms with Gasteiger partial charge in [0, 0.05) is 29.0 Å². The lowest BCUT2D eigenvalue weighted by Crippen LogP contribution is -2.25. The summed E-state index contributed by atoms with van der Waals surface area (Å²) in [7, 11) is 0. The lowest BCUT2D eigenvalue weighted by molar-refractivity contribution is 0.608. The molecule has 2 heterocycles. The van der Waals surface area contributed by atoms with Gasteiger partial charge in [-0.25, -0.2) is 4.98 Å². The molecule has 86 valence electrons. The summed E-state index contributed by atoms with van der Waals surface area (Å²) in [4.78, 5) is 6.70. The number of hydrogen-bond donors (Lipinski definition) is 2. The van der Waals surface area contributed by atoms with Crippen LogP contribution < -0.4 is 11.1 Å². The maximum Gasteiger partial charge on any atom is 0.0897 e. The van der Waals surface area contributed by atoms with Crippen LogP contribution in [0.1, 0.15) is 20.8 Å². The molecule has 0 bridgehead atoms. The summed E-state index contributed by atoms with van der Waals surface area (Å²) in [5.74, 6) is 0. The first-order valence-electron chi connectivity index (χ1n) is 5.16. The molecular weight excluding hydrogens is 238 g/mol. The quantitative estimate of drug-likeness (QED) is 0.859. The van der Waals surface area contributed by atoms with Crippen molar-refractivity contribution in [2.45, 2.75) is 19.5 Å². The number of rotatable bonds is 5. The van der Waals surface area contributed by atoms with Gasteiger partial charge in [-0.05, 0) is 18.4 Å². The van der Waals surface area contributed by atoms with Crippen LogP contribution in [0.4, 0.5) is 0 Å². The number of thiophene rings is 1. The minimum absolute atomic E-state index is 0.0917. The van der Waals surface area contributed by atoms with E-state index in [-0.39, 0.29) is 6.04 Å². The Bertz CT molecular complexity index is 422. The summed E-state index contributed by atoms with van der Waals surface area (Å²) in [6.07, 6.45) is 1.92. The number of aryl methyl sites for hydroxylation is 1. The zero-order chi connectivity index (χ0) is 11.4. The largest absolute Gasteiger partial charge is 0.322 e. The molecule has 0 amide bonds. The van der Waals surface area contributed by atoms with Crippen molar-refractivity contribution in [1.29, 1.82) is 0 Å². The monoisotopic (exact) mass is 253 g/mol. The van der Waals surface area contributed by atoms with Crippen LogP contribution in [0.3, 0.4) is 0 Å². The molecule has 0 fully saturated rings. The van der Waals surface area contributed by atoms with Gasteiger partial charge in [-0.2, -0.15) is 0 Å². The molecular formula is C11H15N3S2. The van der Waals surface area contributed by atoms with Crippen LogP contribution in [0.5, 0.6) is 0 Å². The van der Waals surface area contributed by atoms with Gasteiger partial charge in [-0.1, -0.05) is 6.07 Å². The van der Waals surface area contributed by atoms with Gasteiger partial charge in [0.05, 0.1) is 11.0 Å². The molecule has 0 saturated carbocycles. The normalized spacial score (nSPS) is 12.9. The average Bonchev–Trinajstić information content (AvgIpc) is 2.89. The first-order chi connectivity index (χ1) is 7.75. The second-order valence-corrected chi connectivity index (χ2v) is 5.90. The van der Waals surface area contributed by atoms with Crippen LogP contribution in [0, 0.1) is 6.92 Å². The Balaban J connectivity index is 1.76. The zero-order valence-corrected chi connectivity index (χ0v) is 10.8. The molecule has 2 aromatic heterocycles. The fourth-order valence-electron chi connectivity index (χ4n) is 1.44. The minimum atomic E-state index is 0.0917. The molecule has 0 radical (unpaired) electrons. The molecule has 2 aromatic rings. The van der Waals surface area contributed by atoms with E-state index in [4.69, 9.17) is 5.73 Å². The van der Waals surface area contributed by atoms with E-state index >= 15 is 0 Å². The summed E-state index contributed by atoms with van der Waals surface area (Å²) in [5, 5.41) is 6.52. The van der Waals surface area contributed by atoms with Crippen molar-refractivity contribution in [3.05, 3.63) is 38.5 Å². The molecule has 2 rings (SSSR count). The van der Waals surface area contributed by atoms with Gasteiger partial charge in [0.1, 0.15) is 0 Å². The molecule has 0 aliphatic heterocycles. The smallest absolute Gasteiger partial charge is 0.0897 e. The van der Waals surface area contributed by atoms with Crippen LogP contribution in [-0.4, -0.2) is 11.5 Å². The van der Waals surface area contributed by atoms with Crippen LogP contribution in [0.15, 0.2) is 23.7 Å². The summed E-state index contributed by atoms with van der Waals surface area (Å²) in [5.41, 5.74) is 6.04. The van der Waals surface area contributed by atoms with Gasteiger partial charge in [0.25, 0.3) is 0 Å².